The van der Waals surface area contributed by atoms with Gasteiger partial charge >= 0.3 is 5.69 Å². The molecule has 1 atom stereocenters. The second-order valence-corrected chi connectivity index (χ2v) is 6.53. The normalized spacial score (nSPS) is 17.8. The molecule has 2 aromatic heterocycles. The van der Waals surface area contributed by atoms with E-state index < -0.39 is 5.69 Å². The zero-order valence-electron chi connectivity index (χ0n) is 14.1. The van der Waals surface area contributed by atoms with Gasteiger partial charge in [-0.3, -0.25) is 9.78 Å². The van der Waals surface area contributed by atoms with E-state index in [2.05, 4.69) is 21.0 Å². The first-order valence-electron chi connectivity index (χ1n) is 8.30. The van der Waals surface area contributed by atoms with Crippen molar-refractivity contribution in [2.75, 3.05) is 13.1 Å². The summed E-state index contributed by atoms with van der Waals surface area (Å²) < 4.78 is 0. The van der Waals surface area contributed by atoms with Crippen LogP contribution in [0.15, 0.2) is 29.2 Å². The quantitative estimate of drug-likeness (QED) is 0.934. The highest BCUT2D eigenvalue weighted by Gasteiger charge is 2.25. The summed E-state index contributed by atoms with van der Waals surface area (Å²) in [6.07, 6.45) is 4.90. The number of rotatable bonds is 3. The molecule has 3 heterocycles. The fourth-order valence-corrected chi connectivity index (χ4v) is 3.22. The van der Waals surface area contributed by atoms with Gasteiger partial charge in [0, 0.05) is 30.7 Å². The van der Waals surface area contributed by atoms with E-state index in [0.717, 1.165) is 31.5 Å². The van der Waals surface area contributed by atoms with Crippen molar-refractivity contribution in [2.24, 2.45) is 5.92 Å². The van der Waals surface area contributed by atoms with Gasteiger partial charge in [-0.2, -0.15) is 4.98 Å². The third-order valence-electron chi connectivity index (χ3n) is 4.40. The van der Waals surface area contributed by atoms with Crippen LogP contribution >= 0.6 is 0 Å². The number of aromatic amines is 1. The van der Waals surface area contributed by atoms with Crippen LogP contribution in [0.25, 0.3) is 0 Å². The number of piperidine rings is 1. The zero-order chi connectivity index (χ0) is 17.1. The molecular formula is C18H22N4O2. The van der Waals surface area contributed by atoms with Gasteiger partial charge in [0.2, 0.25) is 0 Å². The molecule has 0 radical (unpaired) electrons. The maximum absolute atomic E-state index is 12.6. The fraction of sp³-hybridized carbons (Fsp3) is 0.444. The molecule has 6 nitrogen and oxygen atoms in total. The van der Waals surface area contributed by atoms with Crippen molar-refractivity contribution in [3.05, 3.63) is 57.5 Å². The van der Waals surface area contributed by atoms with Crippen LogP contribution in [0.4, 0.5) is 0 Å². The Hall–Kier alpha value is -2.50. The SMILES string of the molecule is Cc1ccc(C[C@H]2CCCN(C(=O)c3cc(C)[nH]c(=O)n3)C2)cn1. The summed E-state index contributed by atoms with van der Waals surface area (Å²) >= 11 is 0. The highest BCUT2D eigenvalue weighted by Crippen LogP contribution is 2.21. The van der Waals surface area contributed by atoms with Crippen LogP contribution in [0.5, 0.6) is 0 Å². The van der Waals surface area contributed by atoms with Crippen molar-refractivity contribution in [1.29, 1.82) is 0 Å². The average Bonchev–Trinajstić information content (AvgIpc) is 2.56. The van der Waals surface area contributed by atoms with Gasteiger partial charge in [0.05, 0.1) is 0 Å². The Balaban J connectivity index is 1.69. The van der Waals surface area contributed by atoms with E-state index in [4.69, 9.17) is 0 Å². The van der Waals surface area contributed by atoms with Gasteiger partial charge in [0.15, 0.2) is 0 Å². The summed E-state index contributed by atoms with van der Waals surface area (Å²) in [7, 11) is 0. The minimum Gasteiger partial charge on any atom is -0.337 e. The summed E-state index contributed by atoms with van der Waals surface area (Å²) in [6.45, 7) is 5.14. The number of nitrogens with one attached hydrogen (secondary N) is 1. The van der Waals surface area contributed by atoms with Crippen molar-refractivity contribution in [2.45, 2.75) is 33.1 Å². The topological polar surface area (TPSA) is 79.0 Å². The third-order valence-corrected chi connectivity index (χ3v) is 4.40. The van der Waals surface area contributed by atoms with Crippen LogP contribution in [0.1, 0.15) is 40.3 Å². The lowest BCUT2D eigenvalue weighted by atomic mass is 9.91. The van der Waals surface area contributed by atoms with Gasteiger partial charge < -0.3 is 9.88 Å². The van der Waals surface area contributed by atoms with E-state index in [-0.39, 0.29) is 11.6 Å². The molecule has 1 N–H and O–H groups in total. The molecule has 0 spiro atoms. The Morgan fingerprint density at radius 2 is 2.21 bits per heavy atom. The minimum atomic E-state index is -0.474. The molecule has 0 unspecified atom stereocenters. The molecule has 2 aromatic rings. The van der Waals surface area contributed by atoms with Crippen molar-refractivity contribution in [1.82, 2.24) is 19.9 Å². The van der Waals surface area contributed by atoms with Gasteiger partial charge in [-0.25, -0.2) is 4.79 Å². The molecule has 0 aliphatic carbocycles. The van der Waals surface area contributed by atoms with Crippen LogP contribution in [-0.4, -0.2) is 38.8 Å². The molecule has 1 aliphatic rings. The number of hydrogen-bond acceptors (Lipinski definition) is 4. The van der Waals surface area contributed by atoms with E-state index in [9.17, 15) is 9.59 Å². The summed E-state index contributed by atoms with van der Waals surface area (Å²) in [5.41, 5.74) is 2.61. The minimum absolute atomic E-state index is 0.157. The molecule has 1 amide bonds. The first kappa shape index (κ1) is 16.4. The van der Waals surface area contributed by atoms with Crippen molar-refractivity contribution < 1.29 is 4.79 Å². The zero-order valence-corrected chi connectivity index (χ0v) is 14.1. The Morgan fingerprint density at radius 1 is 1.38 bits per heavy atom. The van der Waals surface area contributed by atoms with E-state index in [0.29, 0.717) is 18.2 Å². The number of pyridine rings is 1. The predicted octanol–water partition coefficient (Wildman–Crippen LogP) is 1.88. The van der Waals surface area contributed by atoms with Crippen molar-refractivity contribution in [3.63, 3.8) is 0 Å². The lowest BCUT2D eigenvalue weighted by Crippen LogP contribution is -2.41. The number of amides is 1. The summed E-state index contributed by atoms with van der Waals surface area (Å²) in [5, 5.41) is 0. The number of H-pyrrole nitrogens is 1. The van der Waals surface area contributed by atoms with Crippen molar-refractivity contribution in [3.8, 4) is 0 Å². The maximum Gasteiger partial charge on any atom is 0.345 e. The first-order chi connectivity index (χ1) is 11.5. The maximum atomic E-state index is 12.6. The van der Waals surface area contributed by atoms with Gasteiger partial charge in [-0.1, -0.05) is 6.07 Å². The number of aryl methyl sites for hydroxylation is 2. The predicted molar refractivity (Wildman–Crippen MR) is 90.9 cm³/mol. The highest BCUT2D eigenvalue weighted by atomic mass is 16.2. The van der Waals surface area contributed by atoms with E-state index in [1.54, 1.807) is 13.0 Å². The van der Waals surface area contributed by atoms with Crippen molar-refractivity contribution >= 4 is 5.91 Å². The van der Waals surface area contributed by atoms with Crippen LogP contribution in [0.3, 0.4) is 0 Å². The molecule has 126 valence electrons. The molecule has 0 bridgehead atoms. The number of likely N-dealkylation sites (tertiary alicyclic amines) is 1. The lowest BCUT2D eigenvalue weighted by Gasteiger charge is -2.32. The Bertz CT molecular complexity index is 782. The molecule has 1 saturated heterocycles. The molecule has 3 rings (SSSR count). The van der Waals surface area contributed by atoms with Crippen LogP contribution < -0.4 is 5.69 Å². The summed E-state index contributed by atoms with van der Waals surface area (Å²) in [6, 6.07) is 5.76. The average molecular weight is 326 g/mol. The Morgan fingerprint density at radius 3 is 2.92 bits per heavy atom. The van der Waals surface area contributed by atoms with Gasteiger partial charge in [-0.15, -0.1) is 0 Å². The number of carbonyl (C=O) groups is 1. The van der Waals surface area contributed by atoms with Gasteiger partial charge in [0.25, 0.3) is 5.91 Å². The molecular weight excluding hydrogens is 304 g/mol. The highest BCUT2D eigenvalue weighted by molar-refractivity contribution is 5.92. The number of nitrogens with zero attached hydrogens (tertiary/aromatic N) is 3. The van der Waals surface area contributed by atoms with Crippen LogP contribution in [-0.2, 0) is 6.42 Å². The Labute approximate surface area is 141 Å². The molecule has 0 saturated carbocycles. The monoisotopic (exact) mass is 326 g/mol. The smallest absolute Gasteiger partial charge is 0.337 e. The third kappa shape index (κ3) is 3.88. The van der Waals surface area contributed by atoms with Gasteiger partial charge in [-0.05, 0) is 56.7 Å². The number of aromatic nitrogens is 3. The molecule has 6 heteroatoms. The molecule has 0 aromatic carbocycles. The lowest BCUT2D eigenvalue weighted by molar-refractivity contribution is 0.0666. The fourth-order valence-electron chi connectivity index (χ4n) is 3.22. The Kier molecular flexibility index (Phi) is 4.74. The standard InChI is InChI=1S/C18H22N4O2/c1-12-5-6-14(10-19-12)9-15-4-3-7-22(11-15)17(23)16-8-13(2)20-18(24)21-16/h5-6,8,10,15H,3-4,7,9,11H2,1-2H3,(H,20,21,24)/t15-/m1/s1. The van der Waals surface area contributed by atoms with Gasteiger partial charge in [0.1, 0.15) is 5.69 Å². The molecule has 24 heavy (non-hydrogen) atoms. The molecule has 1 fully saturated rings. The van der Waals surface area contributed by atoms with E-state index in [1.807, 2.05) is 24.1 Å². The number of carbonyl (C=O) groups excluding carboxylic acids is 1. The van der Waals surface area contributed by atoms with E-state index >= 15 is 0 Å². The van der Waals surface area contributed by atoms with Crippen LogP contribution in [0.2, 0.25) is 0 Å². The molecule has 1 aliphatic heterocycles. The second kappa shape index (κ2) is 6.95. The summed E-state index contributed by atoms with van der Waals surface area (Å²) in [4.78, 5) is 36.7. The largest absolute Gasteiger partial charge is 0.345 e. The summed E-state index contributed by atoms with van der Waals surface area (Å²) in [5.74, 6) is 0.256. The van der Waals surface area contributed by atoms with E-state index in [1.165, 1.54) is 5.56 Å². The van der Waals surface area contributed by atoms with Crippen LogP contribution in [0, 0.1) is 19.8 Å². The number of hydrogen-bond donors (Lipinski definition) is 1. The second-order valence-electron chi connectivity index (χ2n) is 6.53. The first-order valence-corrected chi connectivity index (χ1v) is 8.30.